The van der Waals surface area contributed by atoms with E-state index in [0.29, 0.717) is 0 Å². The Bertz CT molecular complexity index is 360. The number of likely N-dealkylation sites (N-methyl/N-ethyl adjacent to an activating group) is 1. The lowest BCUT2D eigenvalue weighted by Gasteiger charge is -2.29. The van der Waals surface area contributed by atoms with Crippen molar-refractivity contribution in [3.05, 3.63) is 12.4 Å². The number of nitrogens with one attached hydrogen (secondary N) is 1. The van der Waals surface area contributed by atoms with E-state index in [1.54, 1.807) is 22.0 Å². The first-order chi connectivity index (χ1) is 8.75. The van der Waals surface area contributed by atoms with Crippen LogP contribution < -0.4 is 5.32 Å². The quantitative estimate of drug-likeness (QED) is 0.701. The van der Waals surface area contributed by atoms with E-state index in [0.717, 1.165) is 39.3 Å². The number of piperazine rings is 1. The van der Waals surface area contributed by atoms with Gasteiger partial charge in [0.1, 0.15) is 6.54 Å². The third-order valence-electron chi connectivity index (χ3n) is 3.16. The van der Waals surface area contributed by atoms with Gasteiger partial charge < -0.3 is 10.2 Å². The van der Waals surface area contributed by atoms with Gasteiger partial charge in [-0.3, -0.25) is 9.69 Å². The van der Waals surface area contributed by atoms with Crippen molar-refractivity contribution in [1.29, 1.82) is 0 Å². The van der Waals surface area contributed by atoms with E-state index < -0.39 is 0 Å². The second-order valence-corrected chi connectivity index (χ2v) is 4.51. The van der Waals surface area contributed by atoms with Crippen molar-refractivity contribution in [3.63, 3.8) is 0 Å². The first kappa shape index (κ1) is 13.0. The van der Waals surface area contributed by atoms with Crippen molar-refractivity contribution in [1.82, 2.24) is 30.1 Å². The number of amides is 1. The molecule has 1 saturated heterocycles. The van der Waals surface area contributed by atoms with Gasteiger partial charge >= 0.3 is 0 Å². The van der Waals surface area contributed by atoms with Crippen LogP contribution in [0.3, 0.4) is 0 Å². The highest BCUT2D eigenvalue weighted by Gasteiger charge is 2.13. The molecule has 0 spiro atoms. The van der Waals surface area contributed by atoms with Gasteiger partial charge in [0.2, 0.25) is 5.91 Å². The summed E-state index contributed by atoms with van der Waals surface area (Å²) in [6.07, 6.45) is 3.27. The Morgan fingerprint density at radius 1 is 1.44 bits per heavy atom. The third-order valence-corrected chi connectivity index (χ3v) is 3.16. The van der Waals surface area contributed by atoms with Crippen LogP contribution in [0.25, 0.3) is 0 Å². The average molecular weight is 252 g/mol. The van der Waals surface area contributed by atoms with Crippen molar-refractivity contribution in [3.8, 4) is 0 Å². The van der Waals surface area contributed by atoms with Gasteiger partial charge in [0.15, 0.2) is 0 Å². The average Bonchev–Trinajstić information content (AvgIpc) is 2.90. The van der Waals surface area contributed by atoms with Crippen molar-refractivity contribution in [2.24, 2.45) is 0 Å². The predicted octanol–water partition coefficient (Wildman–Crippen LogP) is -1.36. The zero-order valence-corrected chi connectivity index (χ0v) is 10.7. The maximum Gasteiger partial charge on any atom is 0.244 e. The second kappa shape index (κ2) is 6.46. The summed E-state index contributed by atoms with van der Waals surface area (Å²) < 4.78 is 1.55. The van der Waals surface area contributed by atoms with Crippen molar-refractivity contribution < 1.29 is 4.79 Å². The van der Waals surface area contributed by atoms with Crippen LogP contribution in [0.1, 0.15) is 0 Å². The number of hydrogen-bond donors (Lipinski definition) is 1. The number of hydrogen-bond acceptors (Lipinski definition) is 5. The van der Waals surface area contributed by atoms with Gasteiger partial charge in [-0.1, -0.05) is 5.21 Å². The lowest BCUT2D eigenvalue weighted by molar-refractivity contribution is -0.130. The molecule has 1 aliphatic rings. The molecule has 1 fully saturated rings. The maximum absolute atomic E-state index is 11.9. The lowest BCUT2D eigenvalue weighted by atomic mass is 10.3. The van der Waals surface area contributed by atoms with Crippen LogP contribution in [-0.2, 0) is 11.3 Å². The summed E-state index contributed by atoms with van der Waals surface area (Å²) in [5.41, 5.74) is 0. The Balaban J connectivity index is 1.70. The molecule has 1 N–H and O–H groups in total. The van der Waals surface area contributed by atoms with E-state index in [2.05, 4.69) is 20.5 Å². The summed E-state index contributed by atoms with van der Waals surface area (Å²) in [7, 11) is 1.83. The molecule has 0 radical (unpaired) electrons. The minimum atomic E-state index is 0.0654. The van der Waals surface area contributed by atoms with Crippen molar-refractivity contribution >= 4 is 5.91 Å². The maximum atomic E-state index is 11.9. The summed E-state index contributed by atoms with van der Waals surface area (Å²) in [4.78, 5) is 16.0. The molecule has 2 rings (SSSR count). The Hall–Kier alpha value is -1.47. The number of carbonyl (C=O) groups is 1. The molecule has 0 atom stereocenters. The van der Waals surface area contributed by atoms with Gasteiger partial charge in [-0.05, 0) is 0 Å². The molecule has 0 saturated carbocycles. The Labute approximate surface area is 107 Å². The minimum Gasteiger partial charge on any atom is -0.343 e. The van der Waals surface area contributed by atoms with Gasteiger partial charge in [0.25, 0.3) is 0 Å². The molecule has 2 heterocycles. The van der Waals surface area contributed by atoms with E-state index in [1.165, 1.54) is 0 Å². The van der Waals surface area contributed by atoms with E-state index >= 15 is 0 Å². The fourth-order valence-corrected chi connectivity index (χ4v) is 1.93. The normalized spacial score (nSPS) is 16.7. The molecule has 0 aliphatic carbocycles. The minimum absolute atomic E-state index is 0.0654. The molecule has 0 bridgehead atoms. The van der Waals surface area contributed by atoms with Crippen LogP contribution in [-0.4, -0.2) is 77.0 Å². The van der Waals surface area contributed by atoms with Gasteiger partial charge in [0, 0.05) is 52.5 Å². The summed E-state index contributed by atoms with van der Waals surface area (Å²) in [5.74, 6) is 0.0654. The van der Waals surface area contributed by atoms with Crippen LogP contribution in [0.2, 0.25) is 0 Å². The highest BCUT2D eigenvalue weighted by atomic mass is 16.2. The largest absolute Gasteiger partial charge is 0.343 e. The molecule has 0 aromatic carbocycles. The molecule has 1 aromatic rings. The van der Waals surface area contributed by atoms with Crippen LogP contribution in [0.15, 0.2) is 12.4 Å². The summed E-state index contributed by atoms with van der Waals surface area (Å²) in [6, 6.07) is 0. The standard InChI is InChI=1S/C11H20N6O/c1-15(8-9-16-5-2-12-3-6-16)11(18)10-17-7-4-13-14-17/h4,7,12H,2-3,5-6,8-10H2,1H3. The van der Waals surface area contributed by atoms with Crippen LogP contribution >= 0.6 is 0 Å². The van der Waals surface area contributed by atoms with Gasteiger partial charge in [0.05, 0.1) is 6.20 Å². The number of nitrogens with zero attached hydrogens (tertiary/aromatic N) is 5. The van der Waals surface area contributed by atoms with Gasteiger partial charge in [-0.25, -0.2) is 4.68 Å². The zero-order chi connectivity index (χ0) is 12.8. The SMILES string of the molecule is CN(CCN1CCNCC1)C(=O)Cn1ccnn1. The van der Waals surface area contributed by atoms with E-state index in [4.69, 9.17) is 0 Å². The number of rotatable bonds is 5. The fourth-order valence-electron chi connectivity index (χ4n) is 1.93. The van der Waals surface area contributed by atoms with E-state index in [-0.39, 0.29) is 12.5 Å². The third kappa shape index (κ3) is 3.78. The van der Waals surface area contributed by atoms with Crippen molar-refractivity contribution in [2.75, 3.05) is 46.3 Å². The Kier molecular flexibility index (Phi) is 4.66. The highest BCUT2D eigenvalue weighted by Crippen LogP contribution is 1.95. The van der Waals surface area contributed by atoms with Crippen LogP contribution in [0.5, 0.6) is 0 Å². The number of aromatic nitrogens is 3. The van der Waals surface area contributed by atoms with Gasteiger partial charge in [-0.2, -0.15) is 0 Å². The van der Waals surface area contributed by atoms with Crippen LogP contribution in [0, 0.1) is 0 Å². The molecule has 1 amide bonds. The van der Waals surface area contributed by atoms with Gasteiger partial charge in [-0.15, -0.1) is 5.10 Å². The molecule has 0 unspecified atom stereocenters. The molecule has 7 heteroatoms. The molecular weight excluding hydrogens is 232 g/mol. The predicted molar refractivity (Wildman–Crippen MR) is 67.0 cm³/mol. The molecule has 1 aliphatic heterocycles. The molecule has 1 aromatic heterocycles. The van der Waals surface area contributed by atoms with Crippen molar-refractivity contribution in [2.45, 2.75) is 6.54 Å². The first-order valence-corrected chi connectivity index (χ1v) is 6.27. The first-order valence-electron chi connectivity index (χ1n) is 6.27. The van der Waals surface area contributed by atoms with E-state index in [1.807, 2.05) is 7.05 Å². The topological polar surface area (TPSA) is 66.3 Å². The summed E-state index contributed by atoms with van der Waals surface area (Å²) in [6.45, 7) is 6.15. The van der Waals surface area contributed by atoms with Crippen LogP contribution in [0.4, 0.5) is 0 Å². The fraction of sp³-hybridized carbons (Fsp3) is 0.727. The Morgan fingerprint density at radius 3 is 2.89 bits per heavy atom. The molecule has 100 valence electrons. The lowest BCUT2D eigenvalue weighted by Crippen LogP contribution is -2.46. The molecular formula is C11H20N6O. The zero-order valence-electron chi connectivity index (χ0n) is 10.7. The second-order valence-electron chi connectivity index (χ2n) is 4.51. The Morgan fingerprint density at radius 2 is 2.22 bits per heavy atom. The molecule has 18 heavy (non-hydrogen) atoms. The molecule has 7 nitrogen and oxygen atoms in total. The monoisotopic (exact) mass is 252 g/mol. The smallest absolute Gasteiger partial charge is 0.244 e. The highest BCUT2D eigenvalue weighted by molar-refractivity contribution is 5.75. The number of carbonyl (C=O) groups excluding carboxylic acids is 1. The summed E-state index contributed by atoms with van der Waals surface area (Å²) in [5, 5.41) is 10.8. The van der Waals surface area contributed by atoms with E-state index in [9.17, 15) is 4.79 Å². The summed E-state index contributed by atoms with van der Waals surface area (Å²) >= 11 is 0.